The number of hydrogen-bond acceptors (Lipinski definition) is 3. The molecule has 0 radical (unpaired) electrons. The molecule has 15 heavy (non-hydrogen) atoms. The Balaban J connectivity index is 1.78. The molecule has 2 aliphatic rings. The minimum Gasteiger partial charge on any atom is -0.381 e. The molecular weight excluding hydrogens is 190 g/mol. The third kappa shape index (κ3) is 3.16. The van der Waals surface area contributed by atoms with Crippen molar-refractivity contribution in [3.05, 3.63) is 0 Å². The van der Waals surface area contributed by atoms with Crippen molar-refractivity contribution in [2.24, 2.45) is 5.92 Å². The molecule has 0 amide bonds. The van der Waals surface area contributed by atoms with Crippen molar-refractivity contribution in [1.29, 1.82) is 0 Å². The first-order valence-corrected chi connectivity index (χ1v) is 6.31. The van der Waals surface area contributed by atoms with E-state index in [9.17, 15) is 0 Å². The molecule has 3 unspecified atom stereocenters. The van der Waals surface area contributed by atoms with Crippen LogP contribution in [0.3, 0.4) is 0 Å². The van der Waals surface area contributed by atoms with E-state index in [4.69, 9.17) is 9.47 Å². The summed E-state index contributed by atoms with van der Waals surface area (Å²) in [5.41, 5.74) is 0. The third-order valence-electron chi connectivity index (χ3n) is 3.58. The summed E-state index contributed by atoms with van der Waals surface area (Å²) in [7, 11) is 0. The number of rotatable bonds is 4. The molecule has 0 bridgehead atoms. The van der Waals surface area contributed by atoms with Crippen LogP contribution in [-0.4, -0.2) is 38.5 Å². The average molecular weight is 213 g/mol. The van der Waals surface area contributed by atoms with Gasteiger partial charge in [-0.2, -0.15) is 0 Å². The molecule has 3 atom stereocenters. The highest BCUT2D eigenvalue weighted by atomic mass is 16.5. The number of hydrogen-bond donors (Lipinski definition) is 1. The van der Waals surface area contributed by atoms with Gasteiger partial charge in [0.25, 0.3) is 0 Å². The van der Waals surface area contributed by atoms with Crippen LogP contribution >= 0.6 is 0 Å². The second-order valence-corrected chi connectivity index (χ2v) is 4.72. The first-order valence-electron chi connectivity index (χ1n) is 6.31. The van der Waals surface area contributed by atoms with Gasteiger partial charge in [-0.25, -0.2) is 0 Å². The van der Waals surface area contributed by atoms with Gasteiger partial charge in [-0.15, -0.1) is 0 Å². The second-order valence-electron chi connectivity index (χ2n) is 4.72. The Morgan fingerprint density at radius 3 is 2.67 bits per heavy atom. The summed E-state index contributed by atoms with van der Waals surface area (Å²) in [5, 5.41) is 3.74. The molecular formula is C12H23NO2. The van der Waals surface area contributed by atoms with E-state index in [0.717, 1.165) is 32.3 Å². The largest absolute Gasteiger partial charge is 0.381 e. The molecule has 0 aromatic rings. The summed E-state index contributed by atoms with van der Waals surface area (Å²) < 4.78 is 11.0. The Hall–Kier alpha value is -0.120. The summed E-state index contributed by atoms with van der Waals surface area (Å²) >= 11 is 0. The lowest BCUT2D eigenvalue weighted by Gasteiger charge is -2.30. The van der Waals surface area contributed by atoms with Gasteiger partial charge in [-0.1, -0.05) is 6.92 Å². The van der Waals surface area contributed by atoms with Crippen LogP contribution in [-0.2, 0) is 9.47 Å². The Labute approximate surface area is 92.5 Å². The van der Waals surface area contributed by atoms with Crippen LogP contribution in [0.25, 0.3) is 0 Å². The molecule has 0 aromatic carbocycles. The first kappa shape index (κ1) is 11.4. The Morgan fingerprint density at radius 1 is 1.20 bits per heavy atom. The van der Waals surface area contributed by atoms with E-state index in [2.05, 4.69) is 12.2 Å². The van der Waals surface area contributed by atoms with Crippen LogP contribution in [0.15, 0.2) is 0 Å². The topological polar surface area (TPSA) is 30.5 Å². The van der Waals surface area contributed by atoms with Crippen molar-refractivity contribution in [1.82, 2.24) is 5.32 Å². The fourth-order valence-electron chi connectivity index (χ4n) is 2.63. The van der Waals surface area contributed by atoms with E-state index in [0.29, 0.717) is 12.1 Å². The van der Waals surface area contributed by atoms with Gasteiger partial charge in [-0.3, -0.25) is 0 Å². The highest BCUT2D eigenvalue weighted by Crippen LogP contribution is 2.20. The highest BCUT2D eigenvalue weighted by Gasteiger charge is 2.26. The lowest BCUT2D eigenvalue weighted by atomic mass is 9.95. The van der Waals surface area contributed by atoms with E-state index in [1.807, 2.05) is 0 Å². The van der Waals surface area contributed by atoms with Crippen LogP contribution in [0.1, 0.15) is 32.6 Å². The van der Waals surface area contributed by atoms with Crippen molar-refractivity contribution < 1.29 is 9.47 Å². The molecule has 2 saturated heterocycles. The molecule has 0 aliphatic carbocycles. The molecule has 88 valence electrons. The number of nitrogens with one attached hydrogen (secondary N) is 1. The fourth-order valence-corrected chi connectivity index (χ4v) is 2.63. The lowest BCUT2D eigenvalue weighted by Crippen LogP contribution is -2.46. The maximum absolute atomic E-state index is 5.50. The van der Waals surface area contributed by atoms with Gasteiger partial charge in [0.2, 0.25) is 0 Å². The first-order chi connectivity index (χ1) is 7.40. The molecule has 0 aromatic heterocycles. The van der Waals surface area contributed by atoms with Crippen LogP contribution < -0.4 is 5.32 Å². The summed E-state index contributed by atoms with van der Waals surface area (Å²) in [5.74, 6) is 0.719. The second kappa shape index (κ2) is 5.83. The van der Waals surface area contributed by atoms with Crippen molar-refractivity contribution in [3.8, 4) is 0 Å². The summed E-state index contributed by atoms with van der Waals surface area (Å²) in [4.78, 5) is 0. The van der Waals surface area contributed by atoms with Gasteiger partial charge in [0.1, 0.15) is 0 Å². The Morgan fingerprint density at radius 2 is 2.07 bits per heavy atom. The Kier molecular flexibility index (Phi) is 4.42. The molecule has 2 heterocycles. The quantitative estimate of drug-likeness (QED) is 0.769. The molecule has 3 nitrogen and oxygen atoms in total. The zero-order chi connectivity index (χ0) is 10.5. The van der Waals surface area contributed by atoms with E-state index < -0.39 is 0 Å². The van der Waals surface area contributed by atoms with Crippen molar-refractivity contribution in [2.75, 3.05) is 26.4 Å². The number of ether oxygens (including phenoxy) is 2. The van der Waals surface area contributed by atoms with Crippen molar-refractivity contribution in [3.63, 3.8) is 0 Å². The van der Waals surface area contributed by atoms with E-state index in [-0.39, 0.29) is 0 Å². The van der Waals surface area contributed by atoms with Gasteiger partial charge in [-0.05, 0) is 31.6 Å². The molecule has 2 rings (SSSR count). The molecule has 3 heteroatoms. The van der Waals surface area contributed by atoms with Crippen LogP contribution in [0, 0.1) is 5.92 Å². The monoisotopic (exact) mass is 213 g/mol. The normalized spacial score (nSPS) is 34.2. The fraction of sp³-hybridized carbons (Fsp3) is 1.00. The highest BCUT2D eigenvalue weighted by molar-refractivity contribution is 4.82. The summed E-state index contributed by atoms with van der Waals surface area (Å²) in [6.45, 7) is 5.99. The van der Waals surface area contributed by atoms with Crippen LogP contribution in [0.4, 0.5) is 0 Å². The zero-order valence-corrected chi connectivity index (χ0v) is 9.71. The van der Waals surface area contributed by atoms with Gasteiger partial charge in [0, 0.05) is 25.3 Å². The lowest BCUT2D eigenvalue weighted by molar-refractivity contribution is 0.0617. The maximum atomic E-state index is 5.50. The van der Waals surface area contributed by atoms with E-state index >= 15 is 0 Å². The third-order valence-corrected chi connectivity index (χ3v) is 3.58. The molecule has 0 spiro atoms. The van der Waals surface area contributed by atoms with Crippen LogP contribution in [0.2, 0.25) is 0 Å². The zero-order valence-electron chi connectivity index (χ0n) is 9.71. The summed E-state index contributed by atoms with van der Waals surface area (Å²) in [6.07, 6.45) is 4.89. The predicted octanol–water partition coefficient (Wildman–Crippen LogP) is 1.57. The van der Waals surface area contributed by atoms with Gasteiger partial charge >= 0.3 is 0 Å². The van der Waals surface area contributed by atoms with Crippen LogP contribution in [0.5, 0.6) is 0 Å². The van der Waals surface area contributed by atoms with Crippen molar-refractivity contribution >= 4 is 0 Å². The molecule has 2 fully saturated rings. The SMILES string of the molecule is CCC(NC1CCCOC1)C1CCOC1. The molecule has 0 saturated carbocycles. The molecule has 2 aliphatic heterocycles. The van der Waals surface area contributed by atoms with Crippen molar-refractivity contribution in [2.45, 2.75) is 44.7 Å². The van der Waals surface area contributed by atoms with Gasteiger partial charge in [0.15, 0.2) is 0 Å². The predicted molar refractivity (Wildman–Crippen MR) is 60.0 cm³/mol. The van der Waals surface area contributed by atoms with E-state index in [1.165, 1.54) is 25.7 Å². The average Bonchev–Trinajstić information content (AvgIpc) is 2.81. The maximum Gasteiger partial charge on any atom is 0.0619 e. The Bertz CT molecular complexity index is 174. The molecule has 1 N–H and O–H groups in total. The standard InChI is InChI=1S/C12H23NO2/c1-2-12(10-5-7-15-8-10)13-11-4-3-6-14-9-11/h10-13H,2-9H2,1H3. The minimum absolute atomic E-state index is 0.573. The minimum atomic E-state index is 0.573. The van der Waals surface area contributed by atoms with Gasteiger partial charge < -0.3 is 14.8 Å². The van der Waals surface area contributed by atoms with E-state index in [1.54, 1.807) is 0 Å². The smallest absolute Gasteiger partial charge is 0.0619 e. The summed E-state index contributed by atoms with van der Waals surface area (Å²) in [6, 6.07) is 1.20. The van der Waals surface area contributed by atoms with Gasteiger partial charge in [0.05, 0.1) is 13.2 Å².